The molecule has 1 heterocycles. The molecule has 0 atom stereocenters. The molecule has 0 aliphatic heterocycles. The molecule has 3 aromatic rings. The van der Waals surface area contributed by atoms with Crippen LogP contribution in [0.1, 0.15) is 32.8 Å². The summed E-state index contributed by atoms with van der Waals surface area (Å²) in [5.41, 5.74) is 2.57. The van der Waals surface area contributed by atoms with Gasteiger partial charge >= 0.3 is 5.97 Å². The molecule has 0 unspecified atom stereocenters. The fourth-order valence-corrected chi connectivity index (χ4v) is 6.72. The van der Waals surface area contributed by atoms with Crippen LogP contribution in [0.15, 0.2) is 53.4 Å². The van der Waals surface area contributed by atoms with Crippen molar-refractivity contribution in [3.63, 3.8) is 0 Å². The minimum atomic E-state index is -4.08. The normalized spacial score (nSPS) is 12.7. The number of nitrogens with one attached hydrogen (secondary N) is 1. The number of nitrogens with zero attached hydrogens (tertiary/aromatic N) is 1. The van der Waals surface area contributed by atoms with Crippen LogP contribution in [0.25, 0.3) is 0 Å². The van der Waals surface area contributed by atoms with E-state index in [1.54, 1.807) is 36.4 Å². The number of esters is 1. The number of carbonyl (C=O) groups is 2. The van der Waals surface area contributed by atoms with E-state index in [-0.39, 0.29) is 4.90 Å². The summed E-state index contributed by atoms with van der Waals surface area (Å²) in [5, 5.41) is 3.15. The molecule has 1 amide bonds. The topological polar surface area (TPSA) is 102 Å². The highest BCUT2D eigenvalue weighted by molar-refractivity contribution is 7.92. The molecule has 2 aromatic carbocycles. The van der Waals surface area contributed by atoms with E-state index >= 15 is 0 Å². The highest BCUT2D eigenvalue weighted by Crippen LogP contribution is 2.39. The van der Waals surface area contributed by atoms with Gasteiger partial charge in [-0.25, -0.2) is 13.2 Å². The molecule has 8 nitrogen and oxygen atoms in total. The molecule has 0 radical (unpaired) electrons. The Balaban J connectivity index is 1.66. The molecule has 0 bridgehead atoms. The van der Waals surface area contributed by atoms with Crippen LogP contribution in [0, 0.1) is 6.92 Å². The third-order valence-electron chi connectivity index (χ3n) is 5.82. The summed E-state index contributed by atoms with van der Waals surface area (Å²) >= 11 is 1.34. The Bertz CT molecular complexity index is 1350. The van der Waals surface area contributed by atoms with Crippen LogP contribution in [-0.2, 0) is 32.4 Å². The van der Waals surface area contributed by atoms with Crippen LogP contribution in [0.5, 0.6) is 5.75 Å². The SMILES string of the molecule is COC(=O)c1c(NC(=O)CN(c2ccc(C)cc2)S(=O)(=O)c2ccc(OC)cc2)sc2c1CCC2. The van der Waals surface area contributed by atoms with Crippen molar-refractivity contribution >= 4 is 43.9 Å². The molecule has 0 saturated heterocycles. The van der Waals surface area contributed by atoms with E-state index in [1.165, 1.54) is 37.7 Å². The number of rotatable bonds is 8. The first-order chi connectivity index (χ1) is 16.7. The van der Waals surface area contributed by atoms with Crippen molar-refractivity contribution in [3.8, 4) is 5.75 Å². The maximum atomic E-state index is 13.6. The van der Waals surface area contributed by atoms with Crippen molar-refractivity contribution in [2.45, 2.75) is 31.1 Å². The van der Waals surface area contributed by atoms with Crippen molar-refractivity contribution in [2.75, 3.05) is 30.4 Å². The largest absolute Gasteiger partial charge is 0.497 e. The minimum Gasteiger partial charge on any atom is -0.497 e. The number of hydrogen-bond acceptors (Lipinski definition) is 7. The number of sulfonamides is 1. The quantitative estimate of drug-likeness (QED) is 0.453. The van der Waals surface area contributed by atoms with Gasteiger partial charge in [0.15, 0.2) is 0 Å². The number of methoxy groups -OCH3 is 2. The van der Waals surface area contributed by atoms with Gasteiger partial charge in [0.2, 0.25) is 5.91 Å². The Kier molecular flexibility index (Phi) is 7.13. The van der Waals surface area contributed by atoms with Crippen molar-refractivity contribution in [3.05, 3.63) is 70.1 Å². The van der Waals surface area contributed by atoms with Gasteiger partial charge in [-0.05, 0) is 68.1 Å². The first-order valence-electron chi connectivity index (χ1n) is 11.0. The predicted octanol–water partition coefficient (Wildman–Crippen LogP) is 4.17. The summed E-state index contributed by atoms with van der Waals surface area (Å²) in [6, 6.07) is 12.9. The van der Waals surface area contributed by atoms with E-state index < -0.39 is 28.4 Å². The van der Waals surface area contributed by atoms with E-state index in [1.807, 2.05) is 6.92 Å². The van der Waals surface area contributed by atoms with Gasteiger partial charge < -0.3 is 14.8 Å². The number of hydrogen-bond donors (Lipinski definition) is 1. The highest BCUT2D eigenvalue weighted by Gasteiger charge is 2.31. The van der Waals surface area contributed by atoms with Crippen LogP contribution in [-0.4, -0.2) is 41.1 Å². The lowest BCUT2D eigenvalue weighted by Crippen LogP contribution is -2.38. The fourth-order valence-electron chi connectivity index (χ4n) is 4.01. The summed E-state index contributed by atoms with van der Waals surface area (Å²) in [6.07, 6.45) is 2.52. The smallest absolute Gasteiger partial charge is 0.341 e. The Labute approximate surface area is 208 Å². The van der Waals surface area contributed by atoms with E-state index in [0.29, 0.717) is 22.0 Å². The van der Waals surface area contributed by atoms with E-state index in [2.05, 4.69) is 5.32 Å². The van der Waals surface area contributed by atoms with Crippen LogP contribution in [0.4, 0.5) is 10.7 Å². The summed E-state index contributed by atoms with van der Waals surface area (Å²) < 4.78 is 38.3. The molecule has 1 N–H and O–H groups in total. The second-order valence-corrected chi connectivity index (χ2v) is 11.1. The van der Waals surface area contributed by atoms with Gasteiger partial charge in [0.1, 0.15) is 17.3 Å². The van der Waals surface area contributed by atoms with Gasteiger partial charge in [-0.15, -0.1) is 11.3 Å². The van der Waals surface area contributed by atoms with Crippen molar-refractivity contribution < 1.29 is 27.5 Å². The number of aryl methyl sites for hydroxylation is 2. The standard InChI is InChI=1S/C25H26N2O6S2/c1-16-7-9-17(10-8-16)27(35(30,31)19-13-11-18(32-2)12-14-19)15-22(28)26-24-23(25(29)33-3)20-5-4-6-21(20)34-24/h7-14H,4-6,15H2,1-3H3,(H,26,28). The zero-order chi connectivity index (χ0) is 25.2. The van der Waals surface area contributed by atoms with Gasteiger partial charge in [-0.2, -0.15) is 0 Å². The lowest BCUT2D eigenvalue weighted by molar-refractivity contribution is -0.114. The maximum absolute atomic E-state index is 13.6. The highest BCUT2D eigenvalue weighted by atomic mass is 32.2. The molecular formula is C25H26N2O6S2. The number of anilines is 2. The molecule has 35 heavy (non-hydrogen) atoms. The third kappa shape index (κ3) is 5.03. The number of fused-ring (bicyclic) bond motifs is 1. The Morgan fingerprint density at radius 3 is 2.34 bits per heavy atom. The average molecular weight is 515 g/mol. The van der Waals surface area contributed by atoms with Crippen LogP contribution in [0.2, 0.25) is 0 Å². The van der Waals surface area contributed by atoms with Crippen LogP contribution in [0.3, 0.4) is 0 Å². The molecule has 1 aromatic heterocycles. The molecule has 10 heteroatoms. The number of benzene rings is 2. The molecule has 1 aliphatic rings. The number of thiophene rings is 1. The summed E-state index contributed by atoms with van der Waals surface area (Å²) in [7, 11) is -1.28. The van der Waals surface area contributed by atoms with Crippen LogP contribution >= 0.6 is 11.3 Å². The Hall–Kier alpha value is -3.37. The number of amides is 1. The molecule has 0 saturated carbocycles. The molecule has 4 rings (SSSR count). The lowest BCUT2D eigenvalue weighted by Gasteiger charge is -2.24. The number of ether oxygens (including phenoxy) is 2. The van der Waals surface area contributed by atoms with Gasteiger partial charge in [-0.1, -0.05) is 17.7 Å². The van der Waals surface area contributed by atoms with Gasteiger partial charge in [0.25, 0.3) is 10.0 Å². The first-order valence-corrected chi connectivity index (χ1v) is 13.3. The Morgan fingerprint density at radius 1 is 1.03 bits per heavy atom. The van der Waals surface area contributed by atoms with Crippen LogP contribution < -0.4 is 14.4 Å². The van der Waals surface area contributed by atoms with E-state index in [9.17, 15) is 18.0 Å². The zero-order valence-electron chi connectivity index (χ0n) is 19.7. The van der Waals surface area contributed by atoms with E-state index in [0.717, 1.165) is 39.6 Å². The van der Waals surface area contributed by atoms with Crippen molar-refractivity contribution in [1.29, 1.82) is 0 Å². The molecule has 0 spiro atoms. The van der Waals surface area contributed by atoms with Gasteiger partial charge in [0.05, 0.1) is 30.4 Å². The van der Waals surface area contributed by atoms with Crippen molar-refractivity contribution in [2.24, 2.45) is 0 Å². The lowest BCUT2D eigenvalue weighted by atomic mass is 10.1. The second kappa shape index (κ2) is 10.1. The first kappa shape index (κ1) is 24.7. The fraction of sp³-hybridized carbons (Fsp3) is 0.280. The average Bonchev–Trinajstić information content (AvgIpc) is 3.43. The predicted molar refractivity (Wildman–Crippen MR) is 135 cm³/mol. The molecule has 0 fully saturated rings. The summed E-state index contributed by atoms with van der Waals surface area (Å²) in [4.78, 5) is 26.6. The summed E-state index contributed by atoms with van der Waals surface area (Å²) in [5.74, 6) is -0.557. The molecule has 184 valence electrons. The minimum absolute atomic E-state index is 0.0250. The number of carbonyl (C=O) groups excluding carboxylic acids is 2. The monoisotopic (exact) mass is 514 g/mol. The molecule has 1 aliphatic carbocycles. The third-order valence-corrected chi connectivity index (χ3v) is 8.82. The molecular weight excluding hydrogens is 488 g/mol. The van der Waals surface area contributed by atoms with Gasteiger partial charge in [0, 0.05) is 4.88 Å². The van der Waals surface area contributed by atoms with E-state index in [4.69, 9.17) is 9.47 Å². The van der Waals surface area contributed by atoms with Crippen molar-refractivity contribution in [1.82, 2.24) is 0 Å². The Morgan fingerprint density at radius 2 is 1.71 bits per heavy atom. The summed E-state index contributed by atoms with van der Waals surface area (Å²) in [6.45, 7) is 1.42. The van der Waals surface area contributed by atoms with Gasteiger partial charge in [-0.3, -0.25) is 9.10 Å². The maximum Gasteiger partial charge on any atom is 0.341 e. The second-order valence-electron chi connectivity index (χ2n) is 8.12. The zero-order valence-corrected chi connectivity index (χ0v) is 21.3.